The first kappa shape index (κ1) is 28.1. The maximum absolute atomic E-state index is 14.1. The number of hydrogen-bond acceptors (Lipinski definition) is 7. The van der Waals surface area contributed by atoms with Crippen LogP contribution < -0.4 is 4.90 Å². The van der Waals surface area contributed by atoms with Gasteiger partial charge in [0.1, 0.15) is 17.0 Å². The molecule has 40 heavy (non-hydrogen) atoms. The number of likely N-dealkylation sites (tertiary alicyclic amines) is 2. The third-order valence-electron chi connectivity index (χ3n) is 7.48. The van der Waals surface area contributed by atoms with E-state index in [1.165, 1.54) is 41.4 Å². The summed E-state index contributed by atoms with van der Waals surface area (Å²) >= 11 is 0. The van der Waals surface area contributed by atoms with Crippen molar-refractivity contribution in [2.45, 2.75) is 29.5 Å². The van der Waals surface area contributed by atoms with E-state index < -0.39 is 45.1 Å². The van der Waals surface area contributed by atoms with Crippen molar-refractivity contribution in [1.29, 1.82) is 5.26 Å². The van der Waals surface area contributed by atoms with Crippen LogP contribution in [0.2, 0.25) is 0 Å². The summed E-state index contributed by atoms with van der Waals surface area (Å²) in [5.41, 5.74) is -0.144. The van der Waals surface area contributed by atoms with E-state index in [0.29, 0.717) is 26.3 Å². The largest absolute Gasteiger partial charge is 0.380 e. The molecule has 2 aromatic rings. The number of amides is 2. The average molecular weight is 588 g/mol. The van der Waals surface area contributed by atoms with Crippen LogP contribution in [0.15, 0.2) is 53.7 Å². The Morgan fingerprint density at radius 2 is 1.85 bits per heavy atom. The number of benzene rings is 1. The van der Waals surface area contributed by atoms with Gasteiger partial charge in [-0.1, -0.05) is 25.5 Å². The van der Waals surface area contributed by atoms with E-state index in [9.17, 15) is 34.3 Å². The van der Waals surface area contributed by atoms with Gasteiger partial charge in [0.2, 0.25) is 0 Å². The maximum atomic E-state index is 14.1. The van der Waals surface area contributed by atoms with Crippen molar-refractivity contribution in [2.75, 3.05) is 44.9 Å². The van der Waals surface area contributed by atoms with Crippen molar-refractivity contribution in [3.63, 3.8) is 0 Å². The smallest absolute Gasteiger partial charge is 0.310 e. The molecule has 216 valence electrons. The number of halogens is 5. The van der Waals surface area contributed by atoms with Crippen LogP contribution in [-0.2, 0) is 19.1 Å². The zero-order chi connectivity index (χ0) is 29.0. The van der Waals surface area contributed by atoms with E-state index in [-0.39, 0.29) is 41.8 Å². The summed E-state index contributed by atoms with van der Waals surface area (Å²) in [6.07, 6.45) is 4.30. The van der Waals surface area contributed by atoms with Crippen molar-refractivity contribution in [2.24, 2.45) is 5.41 Å². The van der Waals surface area contributed by atoms with E-state index in [1.54, 1.807) is 0 Å². The minimum atomic E-state index is -10.0. The SMILES string of the molecule is COC1CC(C(=O)N(c2ccc(S(F)(F)(F)(F)F)cc2)C(C(=O)N2CC3(COC3)C2)c2cccnc2)N(C#N)C1. The summed E-state index contributed by atoms with van der Waals surface area (Å²) in [5.74, 6) is -1.30. The highest BCUT2D eigenvalue weighted by atomic mass is 32.5. The van der Waals surface area contributed by atoms with E-state index in [0.717, 1.165) is 17.0 Å². The third-order valence-corrected chi connectivity index (χ3v) is 8.64. The van der Waals surface area contributed by atoms with Crippen molar-refractivity contribution in [3.8, 4) is 6.19 Å². The molecule has 5 rings (SSSR count). The topological polar surface area (TPSA) is 99.0 Å². The molecule has 4 heterocycles. The molecule has 1 aromatic heterocycles. The highest BCUT2D eigenvalue weighted by molar-refractivity contribution is 8.45. The molecule has 0 radical (unpaired) electrons. The Balaban J connectivity index is 1.59. The van der Waals surface area contributed by atoms with Crippen LogP contribution in [0.1, 0.15) is 18.0 Å². The fourth-order valence-corrected chi connectivity index (χ4v) is 6.00. The van der Waals surface area contributed by atoms with Gasteiger partial charge in [-0.15, -0.1) is 0 Å². The number of rotatable bonds is 7. The van der Waals surface area contributed by atoms with Crippen molar-refractivity contribution >= 4 is 27.7 Å². The van der Waals surface area contributed by atoms with E-state index in [2.05, 4.69) is 4.98 Å². The van der Waals surface area contributed by atoms with Gasteiger partial charge in [0, 0.05) is 50.3 Å². The molecule has 3 aliphatic heterocycles. The molecule has 2 amide bonds. The molecular formula is C25H26F5N5O4S. The first-order valence-electron chi connectivity index (χ1n) is 12.3. The average Bonchev–Trinajstić information content (AvgIpc) is 3.28. The number of hydrogen-bond donors (Lipinski definition) is 0. The predicted molar refractivity (Wildman–Crippen MR) is 134 cm³/mol. The highest BCUT2D eigenvalue weighted by Crippen LogP contribution is 3.02. The summed E-state index contributed by atoms with van der Waals surface area (Å²) < 4.78 is 77.9. The highest BCUT2D eigenvalue weighted by Gasteiger charge is 2.65. The third kappa shape index (κ3) is 5.18. The molecule has 3 atom stereocenters. The van der Waals surface area contributed by atoms with Crippen LogP contribution in [0.4, 0.5) is 25.1 Å². The van der Waals surface area contributed by atoms with Crippen LogP contribution in [0.3, 0.4) is 0 Å². The number of aromatic nitrogens is 1. The van der Waals surface area contributed by atoms with Gasteiger partial charge < -0.3 is 14.4 Å². The Kier molecular flexibility index (Phi) is 6.32. The molecule has 3 fully saturated rings. The first-order valence-corrected chi connectivity index (χ1v) is 14.2. The fraction of sp³-hybridized carbons (Fsp3) is 0.440. The minimum Gasteiger partial charge on any atom is -0.380 e. The Morgan fingerprint density at radius 1 is 1.18 bits per heavy atom. The number of carbonyl (C=O) groups excluding carboxylic acids is 2. The maximum Gasteiger partial charge on any atom is 0.310 e. The van der Waals surface area contributed by atoms with Gasteiger partial charge >= 0.3 is 10.2 Å². The molecule has 3 unspecified atom stereocenters. The zero-order valence-electron chi connectivity index (χ0n) is 21.3. The molecule has 1 aromatic carbocycles. The molecular weight excluding hydrogens is 561 g/mol. The molecule has 0 N–H and O–H groups in total. The molecule has 0 bridgehead atoms. The lowest BCUT2D eigenvalue weighted by atomic mass is 9.77. The Hall–Kier alpha value is -3.48. The van der Waals surface area contributed by atoms with Gasteiger partial charge in [-0.3, -0.25) is 24.4 Å². The van der Waals surface area contributed by atoms with Gasteiger partial charge in [0.25, 0.3) is 11.8 Å². The minimum absolute atomic E-state index is 0.0705. The fourth-order valence-electron chi connectivity index (χ4n) is 5.35. The number of methoxy groups -OCH3 is 1. The molecule has 0 saturated carbocycles. The van der Waals surface area contributed by atoms with Gasteiger partial charge in [-0.05, 0) is 30.3 Å². The summed E-state index contributed by atoms with van der Waals surface area (Å²) in [6, 6.07) is 2.42. The van der Waals surface area contributed by atoms with Crippen LogP contribution >= 0.6 is 10.2 Å². The second kappa shape index (κ2) is 9.02. The quantitative estimate of drug-likeness (QED) is 0.353. The number of nitrogens with zero attached hydrogens (tertiary/aromatic N) is 5. The van der Waals surface area contributed by atoms with Crippen LogP contribution in [0.25, 0.3) is 0 Å². The van der Waals surface area contributed by atoms with E-state index in [1.807, 2.05) is 6.19 Å². The monoisotopic (exact) mass is 587 g/mol. The molecule has 15 heteroatoms. The normalized spacial score (nSPS) is 24.2. The second-order valence-corrected chi connectivity index (χ2v) is 12.8. The lowest BCUT2D eigenvalue weighted by molar-refractivity contribution is -0.196. The Morgan fingerprint density at radius 3 is 2.35 bits per heavy atom. The van der Waals surface area contributed by atoms with Crippen LogP contribution in [0.5, 0.6) is 0 Å². The molecule has 1 spiro atoms. The molecule has 3 aliphatic rings. The zero-order valence-corrected chi connectivity index (χ0v) is 22.1. The molecule has 9 nitrogen and oxygen atoms in total. The Bertz CT molecular complexity index is 1350. The van der Waals surface area contributed by atoms with Gasteiger partial charge in [0.05, 0.1) is 31.3 Å². The predicted octanol–water partition coefficient (Wildman–Crippen LogP) is 4.24. The standard InChI is InChI=1S/C25H26F5N5O4S/c1-38-19-9-21(33(11-19)16-31)23(36)35(18-4-6-20(7-5-18)40(26,27,28,29)30)22(17-3-2-8-32-10-17)24(37)34-12-25(13-34)14-39-15-25/h2-8,10,19,21-22H,9,11-15H2,1H3. The summed E-state index contributed by atoms with van der Waals surface area (Å²) in [5, 5.41) is 9.67. The summed E-state index contributed by atoms with van der Waals surface area (Å²) in [4.78, 5) is 33.7. The summed E-state index contributed by atoms with van der Waals surface area (Å²) in [7, 11) is -8.59. The van der Waals surface area contributed by atoms with Gasteiger partial charge in [0.15, 0.2) is 6.19 Å². The number of anilines is 1. The first-order chi connectivity index (χ1) is 18.6. The van der Waals surface area contributed by atoms with Gasteiger partial charge in [-0.25, -0.2) is 0 Å². The second-order valence-electron chi connectivity index (χ2n) is 10.4. The number of ether oxygens (including phenoxy) is 2. The number of nitriles is 1. The van der Waals surface area contributed by atoms with Gasteiger partial charge in [-0.2, -0.15) is 5.26 Å². The van der Waals surface area contributed by atoms with E-state index in [4.69, 9.17) is 9.47 Å². The van der Waals surface area contributed by atoms with Crippen molar-refractivity contribution in [1.82, 2.24) is 14.8 Å². The lowest BCUT2D eigenvalue weighted by Crippen LogP contribution is -2.68. The van der Waals surface area contributed by atoms with E-state index >= 15 is 0 Å². The Labute approximate surface area is 226 Å². The van der Waals surface area contributed by atoms with Crippen molar-refractivity contribution < 1.29 is 38.5 Å². The number of carbonyl (C=O) groups is 2. The van der Waals surface area contributed by atoms with Crippen LogP contribution in [0, 0.1) is 16.9 Å². The summed E-state index contributed by atoms with van der Waals surface area (Å²) in [6.45, 7) is 1.75. The van der Waals surface area contributed by atoms with Crippen LogP contribution in [-0.4, -0.2) is 78.7 Å². The number of pyridine rings is 1. The molecule has 3 saturated heterocycles. The van der Waals surface area contributed by atoms with Crippen molar-refractivity contribution in [3.05, 3.63) is 54.4 Å². The molecule has 0 aliphatic carbocycles. The lowest BCUT2D eigenvalue weighted by Gasteiger charge is -2.55.